The van der Waals surface area contributed by atoms with Crippen LogP contribution in [-0.2, 0) is 10.5 Å². The minimum Gasteiger partial charge on any atom is -0.481 e. The van der Waals surface area contributed by atoms with Gasteiger partial charge < -0.3 is 10.0 Å². The summed E-state index contributed by atoms with van der Waals surface area (Å²) in [5.74, 6) is -2.98. The Morgan fingerprint density at radius 2 is 1.95 bits per heavy atom. The number of nitrogens with zero attached hydrogens (tertiary/aromatic N) is 1. The molecule has 122 valence electrons. The van der Waals surface area contributed by atoms with E-state index in [9.17, 15) is 18.0 Å². The molecule has 1 heterocycles. The van der Waals surface area contributed by atoms with Gasteiger partial charge in [0.05, 0.1) is 11.8 Å². The summed E-state index contributed by atoms with van der Waals surface area (Å²) in [7, 11) is 0. The number of carboxylic acid groups (broad SMARTS) is 1. The quantitative estimate of drug-likeness (QED) is 0.812. The first-order valence-corrected chi connectivity index (χ1v) is 8.17. The van der Waals surface area contributed by atoms with Crippen molar-refractivity contribution in [2.75, 3.05) is 25.4 Å². The number of rotatable bonds is 6. The van der Waals surface area contributed by atoms with Crippen LogP contribution in [0.2, 0.25) is 0 Å². The van der Waals surface area contributed by atoms with Crippen molar-refractivity contribution >= 4 is 17.7 Å². The molecule has 0 spiro atoms. The molecule has 2 atom stereocenters. The van der Waals surface area contributed by atoms with E-state index in [1.165, 1.54) is 5.56 Å². The molecule has 1 aliphatic heterocycles. The van der Waals surface area contributed by atoms with Gasteiger partial charge in [0.15, 0.2) is 0 Å². The molecular weight excluding hydrogens is 315 g/mol. The first-order valence-electron chi connectivity index (χ1n) is 7.01. The summed E-state index contributed by atoms with van der Waals surface area (Å²) in [5.41, 5.74) is 1.17. The zero-order valence-corrected chi connectivity index (χ0v) is 12.7. The van der Waals surface area contributed by atoms with Crippen LogP contribution in [0.15, 0.2) is 30.3 Å². The molecule has 0 aromatic heterocycles. The fourth-order valence-electron chi connectivity index (χ4n) is 2.61. The van der Waals surface area contributed by atoms with Crippen molar-refractivity contribution in [3.8, 4) is 0 Å². The van der Waals surface area contributed by atoms with Crippen molar-refractivity contribution in [1.29, 1.82) is 0 Å². The maximum atomic E-state index is 12.9. The smallest absolute Gasteiger partial charge is 0.393 e. The molecule has 0 unspecified atom stereocenters. The zero-order valence-electron chi connectivity index (χ0n) is 11.9. The van der Waals surface area contributed by atoms with E-state index in [4.69, 9.17) is 5.11 Å². The molecule has 1 aromatic carbocycles. The fraction of sp³-hybridized carbons (Fsp3) is 0.533. The van der Waals surface area contributed by atoms with Crippen molar-refractivity contribution in [2.24, 2.45) is 11.8 Å². The summed E-state index contributed by atoms with van der Waals surface area (Å²) < 4.78 is 38.6. The first kappa shape index (κ1) is 17.1. The second-order valence-electron chi connectivity index (χ2n) is 5.39. The van der Waals surface area contributed by atoms with E-state index in [1.54, 1.807) is 16.7 Å². The Labute approximate surface area is 131 Å². The van der Waals surface area contributed by atoms with Crippen molar-refractivity contribution in [2.45, 2.75) is 11.9 Å². The van der Waals surface area contributed by atoms with Crippen molar-refractivity contribution in [1.82, 2.24) is 4.90 Å². The van der Waals surface area contributed by atoms with Crippen molar-refractivity contribution < 1.29 is 23.1 Å². The number of hydrogen-bond donors (Lipinski definition) is 1. The fourth-order valence-corrected chi connectivity index (χ4v) is 3.57. The van der Waals surface area contributed by atoms with Crippen LogP contribution in [0.3, 0.4) is 0 Å². The largest absolute Gasteiger partial charge is 0.481 e. The lowest BCUT2D eigenvalue weighted by molar-refractivity contribution is -0.188. The highest BCUT2D eigenvalue weighted by Gasteiger charge is 2.52. The maximum absolute atomic E-state index is 12.9. The lowest BCUT2D eigenvalue weighted by Crippen LogP contribution is -2.33. The summed E-state index contributed by atoms with van der Waals surface area (Å²) >= 11 is 1.64. The molecule has 0 bridgehead atoms. The standard InChI is InChI=1S/C15H18F3NO2S/c16-15(17,18)13-9-19(8-12(13)14(20)21)6-7-22-10-11-4-2-1-3-5-11/h1-5,12-13H,6-10H2,(H,20,21)/t12-,13-/m1/s1. The van der Waals surface area contributed by atoms with E-state index in [2.05, 4.69) is 0 Å². The molecule has 0 amide bonds. The van der Waals surface area contributed by atoms with Crippen LogP contribution in [0.4, 0.5) is 13.2 Å². The van der Waals surface area contributed by atoms with Crippen LogP contribution < -0.4 is 0 Å². The molecule has 0 radical (unpaired) electrons. The van der Waals surface area contributed by atoms with E-state index < -0.39 is 24.0 Å². The predicted molar refractivity (Wildman–Crippen MR) is 79.7 cm³/mol. The number of carbonyl (C=O) groups is 1. The van der Waals surface area contributed by atoms with E-state index in [0.29, 0.717) is 12.3 Å². The van der Waals surface area contributed by atoms with Crippen LogP contribution in [0.1, 0.15) is 5.56 Å². The Morgan fingerprint density at radius 3 is 2.50 bits per heavy atom. The number of thioether (sulfide) groups is 1. The molecule has 2 rings (SSSR count). The number of likely N-dealkylation sites (tertiary alicyclic amines) is 1. The van der Waals surface area contributed by atoms with Gasteiger partial charge in [-0.05, 0) is 5.56 Å². The van der Waals surface area contributed by atoms with Gasteiger partial charge in [-0.25, -0.2) is 0 Å². The third kappa shape index (κ3) is 4.64. The van der Waals surface area contributed by atoms with Crippen LogP contribution in [0.5, 0.6) is 0 Å². The SMILES string of the molecule is O=C(O)[C@@H]1CN(CCSCc2ccccc2)C[C@H]1C(F)(F)F. The monoisotopic (exact) mass is 333 g/mol. The normalized spacial score (nSPS) is 22.9. The molecule has 1 N–H and O–H groups in total. The minimum atomic E-state index is -4.45. The maximum Gasteiger partial charge on any atom is 0.393 e. The van der Waals surface area contributed by atoms with Gasteiger partial charge in [-0.1, -0.05) is 30.3 Å². The minimum absolute atomic E-state index is 0.0224. The summed E-state index contributed by atoms with van der Waals surface area (Å²) in [6.45, 7) is 0.242. The summed E-state index contributed by atoms with van der Waals surface area (Å²) in [6.07, 6.45) is -4.45. The third-order valence-electron chi connectivity index (χ3n) is 3.80. The Balaban J connectivity index is 1.78. The van der Waals surface area contributed by atoms with Gasteiger partial charge in [-0.3, -0.25) is 4.79 Å². The van der Waals surface area contributed by atoms with E-state index in [-0.39, 0.29) is 13.1 Å². The second-order valence-corrected chi connectivity index (χ2v) is 6.50. The molecular formula is C15H18F3NO2S. The molecule has 0 saturated carbocycles. The average Bonchev–Trinajstić information content (AvgIpc) is 2.89. The van der Waals surface area contributed by atoms with Gasteiger partial charge in [0.25, 0.3) is 0 Å². The molecule has 1 fully saturated rings. The Kier molecular flexibility index (Phi) is 5.74. The summed E-state index contributed by atoms with van der Waals surface area (Å²) in [6, 6.07) is 9.83. The van der Waals surface area contributed by atoms with Crippen LogP contribution in [0, 0.1) is 11.8 Å². The Bertz CT molecular complexity index is 495. The van der Waals surface area contributed by atoms with E-state index >= 15 is 0 Å². The number of aliphatic carboxylic acids is 1. The van der Waals surface area contributed by atoms with Gasteiger partial charge >= 0.3 is 12.1 Å². The third-order valence-corrected chi connectivity index (χ3v) is 4.81. The van der Waals surface area contributed by atoms with Crippen LogP contribution in [0.25, 0.3) is 0 Å². The van der Waals surface area contributed by atoms with Crippen molar-refractivity contribution in [3.05, 3.63) is 35.9 Å². The molecule has 1 saturated heterocycles. The molecule has 7 heteroatoms. The summed E-state index contributed by atoms with van der Waals surface area (Å²) in [4.78, 5) is 12.6. The first-order chi connectivity index (χ1) is 10.4. The highest BCUT2D eigenvalue weighted by Crippen LogP contribution is 2.37. The molecule has 1 aliphatic rings. The van der Waals surface area contributed by atoms with Gasteiger partial charge in [0, 0.05) is 31.1 Å². The van der Waals surface area contributed by atoms with E-state index in [1.807, 2.05) is 30.3 Å². The average molecular weight is 333 g/mol. The van der Waals surface area contributed by atoms with Crippen LogP contribution >= 0.6 is 11.8 Å². The molecule has 22 heavy (non-hydrogen) atoms. The Morgan fingerprint density at radius 1 is 1.27 bits per heavy atom. The van der Waals surface area contributed by atoms with Crippen molar-refractivity contribution in [3.63, 3.8) is 0 Å². The number of halogens is 3. The second kappa shape index (κ2) is 7.37. The highest BCUT2D eigenvalue weighted by atomic mass is 32.2. The number of hydrogen-bond acceptors (Lipinski definition) is 3. The van der Waals surface area contributed by atoms with Gasteiger partial charge in [-0.2, -0.15) is 24.9 Å². The van der Waals surface area contributed by atoms with Gasteiger partial charge in [0.1, 0.15) is 0 Å². The van der Waals surface area contributed by atoms with Gasteiger partial charge in [0.2, 0.25) is 0 Å². The topological polar surface area (TPSA) is 40.5 Å². The number of carboxylic acids is 1. The number of alkyl halides is 3. The zero-order chi connectivity index (χ0) is 16.2. The summed E-state index contributed by atoms with van der Waals surface area (Å²) in [5, 5.41) is 8.95. The van der Waals surface area contributed by atoms with E-state index in [0.717, 1.165) is 5.75 Å². The lowest BCUT2D eigenvalue weighted by Gasteiger charge is -2.18. The number of benzene rings is 1. The predicted octanol–water partition coefficient (Wildman–Crippen LogP) is 3.11. The van der Waals surface area contributed by atoms with Gasteiger partial charge in [-0.15, -0.1) is 0 Å². The molecule has 0 aliphatic carbocycles. The van der Waals surface area contributed by atoms with Crippen LogP contribution in [-0.4, -0.2) is 47.5 Å². The highest BCUT2D eigenvalue weighted by molar-refractivity contribution is 7.98. The lowest BCUT2D eigenvalue weighted by atomic mass is 9.96. The molecule has 1 aromatic rings. The molecule has 3 nitrogen and oxygen atoms in total. The Hall–Kier alpha value is -1.21.